The molecule has 1 heterocycles. The Balaban J connectivity index is 1.59. The number of rotatable bonds is 6. The fraction of sp³-hybridized carbons (Fsp3) is 0.692. The van der Waals surface area contributed by atoms with Crippen LogP contribution in [0, 0.1) is 0 Å². The predicted molar refractivity (Wildman–Crippen MR) is 68.6 cm³/mol. The van der Waals surface area contributed by atoms with Crippen LogP contribution >= 0.6 is 0 Å². The lowest BCUT2D eigenvalue weighted by molar-refractivity contribution is 0.245. The molecule has 0 saturated heterocycles. The van der Waals surface area contributed by atoms with E-state index in [2.05, 4.69) is 27.2 Å². The average Bonchev–Trinajstić information content (AvgIpc) is 2.89. The van der Waals surface area contributed by atoms with Crippen LogP contribution in [0.4, 0.5) is 0 Å². The summed E-state index contributed by atoms with van der Waals surface area (Å²) in [6.07, 6.45) is 10.9. The smallest absolute Gasteiger partial charge is 0.115 e. The van der Waals surface area contributed by atoms with Crippen molar-refractivity contribution in [2.24, 2.45) is 0 Å². The molecule has 4 heteroatoms. The Labute approximate surface area is 103 Å². The van der Waals surface area contributed by atoms with Gasteiger partial charge in [0.15, 0.2) is 0 Å². The molecule has 0 aliphatic heterocycles. The average molecular weight is 234 g/mol. The molecule has 0 atom stereocenters. The van der Waals surface area contributed by atoms with Crippen LogP contribution in [0.5, 0.6) is 0 Å². The number of nitrogens with one attached hydrogen (secondary N) is 1. The number of hydrogen-bond donors (Lipinski definition) is 1. The molecule has 0 bridgehead atoms. The van der Waals surface area contributed by atoms with Gasteiger partial charge in [-0.15, -0.1) is 0 Å². The molecule has 2 rings (SSSR count). The van der Waals surface area contributed by atoms with Crippen molar-refractivity contribution in [2.75, 3.05) is 20.1 Å². The molecule has 1 N–H and O–H groups in total. The number of nitrogens with zero attached hydrogens (tertiary/aromatic N) is 3. The van der Waals surface area contributed by atoms with E-state index >= 15 is 0 Å². The molecule has 0 radical (unpaired) electrons. The van der Waals surface area contributed by atoms with E-state index < -0.39 is 0 Å². The van der Waals surface area contributed by atoms with Gasteiger partial charge < -0.3 is 10.2 Å². The van der Waals surface area contributed by atoms with E-state index in [9.17, 15) is 0 Å². The summed E-state index contributed by atoms with van der Waals surface area (Å²) in [5.74, 6) is 0. The van der Waals surface area contributed by atoms with Crippen molar-refractivity contribution < 1.29 is 0 Å². The zero-order chi connectivity index (χ0) is 11.9. The molecular weight excluding hydrogens is 212 g/mol. The Kier molecular flexibility index (Phi) is 4.88. The first-order valence-electron chi connectivity index (χ1n) is 6.51. The van der Waals surface area contributed by atoms with Crippen LogP contribution in [-0.4, -0.2) is 41.0 Å². The van der Waals surface area contributed by atoms with Crippen LogP contribution in [0.3, 0.4) is 0 Å². The van der Waals surface area contributed by atoms with Crippen molar-refractivity contribution in [1.29, 1.82) is 0 Å². The SMILES string of the molecule is CN(CCNCc1cncnc1)C1CCCC1. The second-order valence-corrected chi connectivity index (χ2v) is 4.84. The summed E-state index contributed by atoms with van der Waals surface area (Å²) in [5, 5.41) is 3.43. The Morgan fingerprint density at radius 3 is 2.71 bits per heavy atom. The topological polar surface area (TPSA) is 41.0 Å². The van der Waals surface area contributed by atoms with Gasteiger partial charge in [-0.2, -0.15) is 0 Å². The second-order valence-electron chi connectivity index (χ2n) is 4.84. The summed E-state index contributed by atoms with van der Waals surface area (Å²) in [6, 6.07) is 0.817. The van der Waals surface area contributed by atoms with E-state index in [1.165, 1.54) is 25.7 Å². The molecule has 94 valence electrons. The lowest BCUT2D eigenvalue weighted by atomic mass is 10.2. The van der Waals surface area contributed by atoms with E-state index in [1.54, 1.807) is 6.33 Å². The van der Waals surface area contributed by atoms with Gasteiger partial charge in [-0.1, -0.05) is 12.8 Å². The summed E-state index contributed by atoms with van der Waals surface area (Å²) >= 11 is 0. The zero-order valence-corrected chi connectivity index (χ0v) is 10.6. The van der Waals surface area contributed by atoms with E-state index in [0.717, 1.165) is 31.2 Å². The number of aromatic nitrogens is 2. The molecule has 0 unspecified atom stereocenters. The maximum Gasteiger partial charge on any atom is 0.115 e. The van der Waals surface area contributed by atoms with Gasteiger partial charge in [-0.25, -0.2) is 9.97 Å². The Bertz CT molecular complexity index is 308. The molecule has 1 saturated carbocycles. The summed E-state index contributed by atoms with van der Waals surface area (Å²) in [7, 11) is 2.24. The van der Waals surface area contributed by atoms with Gasteiger partial charge in [0, 0.05) is 43.6 Å². The summed E-state index contributed by atoms with van der Waals surface area (Å²) in [6.45, 7) is 3.01. The van der Waals surface area contributed by atoms with Gasteiger partial charge in [-0.3, -0.25) is 0 Å². The van der Waals surface area contributed by atoms with Crippen molar-refractivity contribution in [1.82, 2.24) is 20.2 Å². The van der Waals surface area contributed by atoms with Crippen LogP contribution < -0.4 is 5.32 Å². The lowest BCUT2D eigenvalue weighted by Gasteiger charge is -2.23. The van der Waals surface area contributed by atoms with Crippen LogP contribution in [0.2, 0.25) is 0 Å². The number of hydrogen-bond acceptors (Lipinski definition) is 4. The van der Waals surface area contributed by atoms with Gasteiger partial charge in [0.1, 0.15) is 6.33 Å². The third kappa shape index (κ3) is 4.06. The molecule has 1 aromatic heterocycles. The van der Waals surface area contributed by atoms with Crippen molar-refractivity contribution in [3.05, 3.63) is 24.3 Å². The van der Waals surface area contributed by atoms with E-state index in [-0.39, 0.29) is 0 Å². The van der Waals surface area contributed by atoms with E-state index in [1.807, 2.05) is 12.4 Å². The third-order valence-corrected chi connectivity index (χ3v) is 3.53. The Morgan fingerprint density at radius 2 is 2.00 bits per heavy atom. The molecule has 1 fully saturated rings. The first-order valence-corrected chi connectivity index (χ1v) is 6.51. The molecular formula is C13H22N4. The largest absolute Gasteiger partial charge is 0.311 e. The quantitative estimate of drug-likeness (QED) is 0.756. The first kappa shape index (κ1) is 12.5. The van der Waals surface area contributed by atoms with Crippen LogP contribution in [-0.2, 0) is 6.54 Å². The highest BCUT2D eigenvalue weighted by molar-refractivity contribution is 5.01. The Hall–Kier alpha value is -1.00. The molecule has 1 aliphatic carbocycles. The fourth-order valence-electron chi connectivity index (χ4n) is 2.44. The first-order chi connectivity index (χ1) is 8.36. The minimum Gasteiger partial charge on any atom is -0.311 e. The molecule has 0 spiro atoms. The maximum atomic E-state index is 4.00. The second kappa shape index (κ2) is 6.67. The molecule has 0 amide bonds. The van der Waals surface area contributed by atoms with Crippen LogP contribution in [0.25, 0.3) is 0 Å². The zero-order valence-electron chi connectivity index (χ0n) is 10.6. The monoisotopic (exact) mass is 234 g/mol. The minimum atomic E-state index is 0.817. The van der Waals surface area contributed by atoms with Crippen molar-refractivity contribution in [3.63, 3.8) is 0 Å². The van der Waals surface area contributed by atoms with Crippen molar-refractivity contribution in [2.45, 2.75) is 38.3 Å². The Morgan fingerprint density at radius 1 is 1.29 bits per heavy atom. The fourth-order valence-corrected chi connectivity index (χ4v) is 2.44. The van der Waals surface area contributed by atoms with E-state index in [4.69, 9.17) is 0 Å². The highest BCUT2D eigenvalue weighted by atomic mass is 15.1. The van der Waals surface area contributed by atoms with Gasteiger partial charge in [-0.05, 0) is 19.9 Å². The molecule has 1 aromatic rings. The van der Waals surface area contributed by atoms with Crippen LogP contribution in [0.1, 0.15) is 31.2 Å². The normalized spacial score (nSPS) is 16.8. The molecule has 4 nitrogen and oxygen atoms in total. The molecule has 17 heavy (non-hydrogen) atoms. The van der Waals surface area contributed by atoms with Crippen molar-refractivity contribution in [3.8, 4) is 0 Å². The third-order valence-electron chi connectivity index (χ3n) is 3.53. The van der Waals surface area contributed by atoms with Crippen LogP contribution in [0.15, 0.2) is 18.7 Å². The predicted octanol–water partition coefficient (Wildman–Crippen LogP) is 1.44. The minimum absolute atomic E-state index is 0.817. The standard InChI is InChI=1S/C13H22N4/c1-17(13-4-2-3-5-13)7-6-14-8-12-9-15-11-16-10-12/h9-11,13-14H,2-8H2,1H3. The maximum absolute atomic E-state index is 4.00. The van der Waals surface area contributed by atoms with Crippen molar-refractivity contribution >= 4 is 0 Å². The van der Waals surface area contributed by atoms with Gasteiger partial charge in [0.25, 0.3) is 0 Å². The number of likely N-dealkylation sites (N-methyl/N-ethyl adjacent to an activating group) is 1. The van der Waals surface area contributed by atoms with Gasteiger partial charge in [0.2, 0.25) is 0 Å². The highest BCUT2D eigenvalue weighted by Crippen LogP contribution is 2.21. The lowest BCUT2D eigenvalue weighted by Crippen LogP contribution is -2.35. The summed E-state index contributed by atoms with van der Waals surface area (Å²) < 4.78 is 0. The summed E-state index contributed by atoms with van der Waals surface area (Å²) in [5.41, 5.74) is 1.15. The molecule has 1 aliphatic rings. The van der Waals surface area contributed by atoms with Gasteiger partial charge in [0.05, 0.1) is 0 Å². The molecule has 0 aromatic carbocycles. The van der Waals surface area contributed by atoms with Gasteiger partial charge >= 0.3 is 0 Å². The highest BCUT2D eigenvalue weighted by Gasteiger charge is 2.18. The summed E-state index contributed by atoms with van der Waals surface area (Å²) in [4.78, 5) is 10.5. The van der Waals surface area contributed by atoms with E-state index in [0.29, 0.717) is 0 Å².